The van der Waals surface area contributed by atoms with Crippen LogP contribution in [0, 0.1) is 0 Å². The van der Waals surface area contributed by atoms with E-state index < -0.39 is 6.10 Å². The highest BCUT2D eigenvalue weighted by atomic mass is 32.1. The van der Waals surface area contributed by atoms with Gasteiger partial charge in [-0.15, -0.1) is 5.10 Å². The second kappa shape index (κ2) is 4.58. The Morgan fingerprint density at radius 1 is 1.62 bits per heavy atom. The van der Waals surface area contributed by atoms with Gasteiger partial charge in [0.25, 0.3) is 0 Å². The van der Waals surface area contributed by atoms with Crippen LogP contribution in [-0.4, -0.2) is 31.6 Å². The Morgan fingerprint density at radius 3 is 3.00 bits per heavy atom. The van der Waals surface area contributed by atoms with Crippen molar-refractivity contribution in [1.82, 2.24) is 19.4 Å². The summed E-state index contributed by atoms with van der Waals surface area (Å²) >= 11 is 1.20. The Bertz CT molecular complexity index is 433. The van der Waals surface area contributed by atoms with E-state index in [2.05, 4.69) is 14.7 Å². The molecule has 86 valence electrons. The first kappa shape index (κ1) is 11.0. The maximum absolute atomic E-state index is 10.2. The summed E-state index contributed by atoms with van der Waals surface area (Å²) < 4.78 is 10.6. The van der Waals surface area contributed by atoms with Gasteiger partial charge in [-0.05, 0) is 18.5 Å². The van der Waals surface area contributed by atoms with Crippen LogP contribution >= 0.6 is 11.5 Å². The first-order chi connectivity index (χ1) is 7.77. The number of aromatic nitrogens is 4. The average molecular weight is 240 g/mol. The summed E-state index contributed by atoms with van der Waals surface area (Å²) in [5.74, 6) is 0.558. The third-order valence-corrected chi connectivity index (χ3v) is 2.80. The summed E-state index contributed by atoms with van der Waals surface area (Å²) in [5.41, 5.74) is 1.12. The SMILES string of the molecule is CCn1ncc(OC)c1C(O)c1csnn1. The summed E-state index contributed by atoms with van der Waals surface area (Å²) in [6.07, 6.45) is 0.734. The quantitative estimate of drug-likeness (QED) is 0.857. The number of methoxy groups -OCH3 is 1. The van der Waals surface area contributed by atoms with Gasteiger partial charge in [-0.1, -0.05) is 4.49 Å². The minimum atomic E-state index is -0.851. The summed E-state index contributed by atoms with van der Waals surface area (Å²) in [7, 11) is 1.55. The van der Waals surface area contributed by atoms with E-state index in [0.29, 0.717) is 23.7 Å². The van der Waals surface area contributed by atoms with E-state index in [1.165, 1.54) is 11.5 Å². The van der Waals surface area contributed by atoms with Gasteiger partial charge in [0, 0.05) is 11.9 Å². The average Bonchev–Trinajstić information content (AvgIpc) is 2.96. The monoisotopic (exact) mass is 240 g/mol. The maximum atomic E-state index is 10.2. The van der Waals surface area contributed by atoms with Crippen molar-refractivity contribution in [2.75, 3.05) is 7.11 Å². The van der Waals surface area contributed by atoms with Crippen molar-refractivity contribution in [3.63, 3.8) is 0 Å². The van der Waals surface area contributed by atoms with E-state index in [0.717, 1.165) is 0 Å². The molecule has 2 aromatic rings. The molecule has 0 aliphatic carbocycles. The number of aliphatic hydroxyl groups excluding tert-OH is 1. The molecule has 6 nitrogen and oxygen atoms in total. The smallest absolute Gasteiger partial charge is 0.163 e. The molecule has 1 unspecified atom stereocenters. The van der Waals surface area contributed by atoms with Crippen molar-refractivity contribution in [3.05, 3.63) is 23.0 Å². The Balaban J connectivity index is 2.41. The molecule has 0 fully saturated rings. The van der Waals surface area contributed by atoms with Gasteiger partial charge in [0.05, 0.1) is 13.3 Å². The molecule has 0 amide bonds. The molecule has 0 radical (unpaired) electrons. The van der Waals surface area contributed by atoms with Crippen molar-refractivity contribution in [2.24, 2.45) is 0 Å². The van der Waals surface area contributed by atoms with Crippen LogP contribution in [-0.2, 0) is 6.54 Å². The molecule has 0 saturated carbocycles. The van der Waals surface area contributed by atoms with Crippen molar-refractivity contribution >= 4 is 11.5 Å². The molecule has 0 aliphatic rings. The molecule has 0 aromatic carbocycles. The van der Waals surface area contributed by atoms with Gasteiger partial charge in [0.15, 0.2) is 5.75 Å². The molecule has 16 heavy (non-hydrogen) atoms. The zero-order chi connectivity index (χ0) is 11.5. The molecule has 1 N–H and O–H groups in total. The fraction of sp³-hybridized carbons (Fsp3) is 0.444. The summed E-state index contributed by atoms with van der Waals surface area (Å²) in [6.45, 7) is 2.61. The number of hydrogen-bond donors (Lipinski definition) is 1. The number of aliphatic hydroxyl groups is 1. The third kappa shape index (κ3) is 1.79. The highest BCUT2D eigenvalue weighted by Crippen LogP contribution is 2.29. The lowest BCUT2D eigenvalue weighted by molar-refractivity contribution is 0.198. The highest BCUT2D eigenvalue weighted by Gasteiger charge is 2.22. The number of hydrogen-bond acceptors (Lipinski definition) is 6. The van der Waals surface area contributed by atoms with Crippen LogP contribution in [0.3, 0.4) is 0 Å². The van der Waals surface area contributed by atoms with Crippen LogP contribution in [0.5, 0.6) is 5.75 Å². The molecule has 1 atom stereocenters. The Hall–Kier alpha value is -1.47. The van der Waals surface area contributed by atoms with E-state index in [1.807, 2.05) is 6.92 Å². The molecule has 0 saturated heterocycles. The third-order valence-electron chi connectivity index (χ3n) is 2.28. The van der Waals surface area contributed by atoms with E-state index in [9.17, 15) is 5.11 Å². The van der Waals surface area contributed by atoms with Crippen LogP contribution in [0.15, 0.2) is 11.6 Å². The molecular formula is C9H12N4O2S. The largest absolute Gasteiger partial charge is 0.493 e. The standard InChI is InChI=1S/C9H12N4O2S/c1-3-13-8(7(15-2)4-10-13)9(14)6-5-16-12-11-6/h4-5,9,14H,3H2,1-2H3. The van der Waals surface area contributed by atoms with E-state index in [1.54, 1.807) is 23.4 Å². The van der Waals surface area contributed by atoms with Gasteiger partial charge in [-0.2, -0.15) is 5.10 Å². The molecule has 2 rings (SSSR count). The van der Waals surface area contributed by atoms with E-state index in [4.69, 9.17) is 4.74 Å². The molecule has 2 aromatic heterocycles. The van der Waals surface area contributed by atoms with Crippen molar-refractivity contribution in [1.29, 1.82) is 0 Å². The topological polar surface area (TPSA) is 73.1 Å². The van der Waals surface area contributed by atoms with Gasteiger partial charge in [0.2, 0.25) is 0 Å². The fourth-order valence-corrected chi connectivity index (χ4v) is 1.97. The maximum Gasteiger partial charge on any atom is 0.163 e. The van der Waals surface area contributed by atoms with Gasteiger partial charge >= 0.3 is 0 Å². The minimum absolute atomic E-state index is 0.513. The number of nitrogens with zero attached hydrogens (tertiary/aromatic N) is 4. The van der Waals surface area contributed by atoms with Gasteiger partial charge in [-0.3, -0.25) is 4.68 Å². The molecule has 0 bridgehead atoms. The van der Waals surface area contributed by atoms with E-state index in [-0.39, 0.29) is 0 Å². The normalized spacial score (nSPS) is 12.7. The number of aryl methyl sites for hydroxylation is 1. The Morgan fingerprint density at radius 2 is 2.44 bits per heavy atom. The van der Waals surface area contributed by atoms with Gasteiger partial charge < -0.3 is 9.84 Å². The fourth-order valence-electron chi connectivity index (χ4n) is 1.49. The lowest BCUT2D eigenvalue weighted by atomic mass is 10.2. The summed E-state index contributed by atoms with van der Waals surface area (Å²) in [6, 6.07) is 0. The molecule has 0 spiro atoms. The summed E-state index contributed by atoms with van der Waals surface area (Å²) in [4.78, 5) is 0. The Labute approximate surface area is 96.7 Å². The zero-order valence-electron chi connectivity index (χ0n) is 8.99. The predicted molar refractivity (Wildman–Crippen MR) is 58.4 cm³/mol. The van der Waals surface area contributed by atoms with Crippen LogP contribution < -0.4 is 4.74 Å². The van der Waals surface area contributed by atoms with Crippen molar-refractivity contribution < 1.29 is 9.84 Å². The van der Waals surface area contributed by atoms with Gasteiger partial charge in [0.1, 0.15) is 17.5 Å². The molecule has 7 heteroatoms. The van der Waals surface area contributed by atoms with Crippen LogP contribution in [0.1, 0.15) is 24.4 Å². The van der Waals surface area contributed by atoms with Gasteiger partial charge in [-0.25, -0.2) is 0 Å². The molecular weight excluding hydrogens is 228 g/mol. The van der Waals surface area contributed by atoms with Crippen molar-refractivity contribution in [2.45, 2.75) is 19.6 Å². The number of rotatable bonds is 4. The minimum Gasteiger partial charge on any atom is -0.493 e. The van der Waals surface area contributed by atoms with Crippen LogP contribution in [0.25, 0.3) is 0 Å². The second-order valence-electron chi connectivity index (χ2n) is 3.15. The van der Waals surface area contributed by atoms with Crippen LogP contribution in [0.4, 0.5) is 0 Å². The van der Waals surface area contributed by atoms with Crippen molar-refractivity contribution in [3.8, 4) is 5.75 Å². The first-order valence-corrected chi connectivity index (χ1v) is 5.66. The van der Waals surface area contributed by atoms with E-state index >= 15 is 0 Å². The lowest BCUT2D eigenvalue weighted by Crippen LogP contribution is -2.10. The second-order valence-corrected chi connectivity index (χ2v) is 3.76. The first-order valence-electron chi connectivity index (χ1n) is 4.82. The predicted octanol–water partition coefficient (Wildman–Crippen LogP) is 0.845. The lowest BCUT2D eigenvalue weighted by Gasteiger charge is -2.11. The van der Waals surface area contributed by atoms with Crippen LogP contribution in [0.2, 0.25) is 0 Å². The Kier molecular flexibility index (Phi) is 3.16. The molecule has 2 heterocycles. The molecule has 0 aliphatic heterocycles. The zero-order valence-corrected chi connectivity index (χ0v) is 9.81. The highest BCUT2D eigenvalue weighted by molar-refractivity contribution is 7.03. The summed E-state index contributed by atoms with van der Waals surface area (Å²) in [5, 5.41) is 19.8. The number of ether oxygens (including phenoxy) is 1.